The highest BCUT2D eigenvalue weighted by Crippen LogP contribution is 2.27. The van der Waals surface area contributed by atoms with Crippen molar-refractivity contribution in [2.75, 3.05) is 31.9 Å². The number of carboxylic acid groups (broad SMARTS) is 1. The number of unbranched alkanes of at least 4 members (excludes halogenated alkanes) is 3. The number of likely N-dealkylation sites (tertiary alicyclic amines) is 1. The van der Waals surface area contributed by atoms with Crippen LogP contribution in [0.3, 0.4) is 0 Å². The van der Waals surface area contributed by atoms with E-state index in [1.165, 1.54) is 4.90 Å². The lowest BCUT2D eigenvalue weighted by atomic mass is 10.0. The maximum atomic E-state index is 13.7. The molecule has 3 aliphatic heterocycles. The molecule has 0 aromatic rings. The Kier molecular flexibility index (Phi) is 15.7. The Morgan fingerprint density at radius 2 is 1.58 bits per heavy atom. The average Bonchev–Trinajstić information content (AvgIpc) is 3.31. The quantitative estimate of drug-likeness (QED) is 0.0310. The summed E-state index contributed by atoms with van der Waals surface area (Å²) < 4.78 is 1.44. The first-order valence-electron chi connectivity index (χ1n) is 17.1. The Hall–Kier alpha value is -3.99. The number of hydrogen-bond acceptors (Lipinski definition) is 10. The van der Waals surface area contributed by atoms with Crippen LogP contribution in [0.4, 0.5) is 0 Å². The van der Waals surface area contributed by atoms with Gasteiger partial charge in [-0.25, -0.2) is 14.4 Å². The second kappa shape index (κ2) is 19.4. The van der Waals surface area contributed by atoms with Crippen molar-refractivity contribution in [2.24, 2.45) is 5.73 Å². The first-order chi connectivity index (χ1) is 23.8. The number of carbonyl (C=O) groups is 6. The molecule has 3 aliphatic rings. The van der Waals surface area contributed by atoms with Crippen LogP contribution in [0.1, 0.15) is 78.6 Å². The van der Waals surface area contributed by atoms with Crippen molar-refractivity contribution in [3.8, 4) is 0 Å². The van der Waals surface area contributed by atoms with Crippen molar-refractivity contribution < 1.29 is 63.1 Å². The smallest absolute Gasteiger partial charge is 0.476 e. The highest BCUT2D eigenvalue weighted by atomic mass is 32.2. The van der Waals surface area contributed by atoms with E-state index in [1.807, 2.05) is 20.8 Å². The summed E-state index contributed by atoms with van der Waals surface area (Å²) in [6.45, 7) is 7.93. The molecule has 18 nitrogen and oxygen atoms in total. The van der Waals surface area contributed by atoms with Gasteiger partial charge in [0.2, 0.25) is 11.8 Å². The van der Waals surface area contributed by atoms with E-state index in [4.69, 9.17) is 5.73 Å². The van der Waals surface area contributed by atoms with Gasteiger partial charge in [0.05, 0.1) is 11.0 Å². The summed E-state index contributed by atoms with van der Waals surface area (Å²) in [6, 6.07) is -5.34. The van der Waals surface area contributed by atoms with E-state index in [2.05, 4.69) is 25.5 Å². The monoisotopic (exact) mass is 725 g/mol. The lowest BCUT2D eigenvalue weighted by Gasteiger charge is -2.16. The molecular weight excluding hydrogens is 674 g/mol. The lowest BCUT2D eigenvalue weighted by molar-refractivity contribution is -0.805. The van der Waals surface area contributed by atoms with Crippen LogP contribution in [-0.4, -0.2) is 154 Å². The molecule has 0 bridgehead atoms. The Morgan fingerprint density at radius 1 is 0.940 bits per heavy atom. The van der Waals surface area contributed by atoms with Crippen LogP contribution in [0.25, 0.3) is 0 Å². The molecule has 0 spiro atoms. The Balaban J connectivity index is 1.72. The third-order valence-electron chi connectivity index (χ3n) is 8.37. The minimum Gasteiger partial charge on any atom is -0.476 e. The summed E-state index contributed by atoms with van der Waals surface area (Å²) in [5.74, 6) is -5.88. The number of thioether (sulfide) groups is 1. The first-order valence-corrected chi connectivity index (χ1v) is 18.2. The van der Waals surface area contributed by atoms with Gasteiger partial charge in [0.25, 0.3) is 15.5 Å². The number of aliphatic carboxylic acids is 1. The Bertz CT molecular complexity index is 1460. The number of imide groups is 1. The highest BCUT2D eigenvalue weighted by molar-refractivity contribution is 8.00. The molecule has 5 atom stereocenters. The van der Waals surface area contributed by atoms with Crippen LogP contribution in [0.2, 0.25) is 0 Å². The predicted octanol–water partition coefficient (Wildman–Crippen LogP) is -1.45. The molecule has 0 radical (unpaired) electrons. The number of nitrogens with one attached hydrogen (secondary N) is 3. The second-order valence-corrected chi connectivity index (χ2v) is 14.0. The number of hydrogen-bond donors (Lipinski definition) is 7. The molecule has 1 fully saturated rings. The molecule has 0 aromatic carbocycles. The SMILES string of the molecule is CCNCCCCCN1C(=O)CC(SCC(C(=O)O)[N+]2=[N+]=C(O)CC(NC(=O)C(CCCCN)[N+]3=[N+]=C(O)CC(NC(C)C)C3=O)C2=O)C1=O. The van der Waals surface area contributed by atoms with E-state index in [1.54, 1.807) is 0 Å². The maximum absolute atomic E-state index is 13.7. The van der Waals surface area contributed by atoms with Crippen molar-refractivity contribution >= 4 is 59.1 Å². The molecule has 19 heteroatoms. The minimum absolute atomic E-state index is 0.0741. The molecule has 3 heterocycles. The molecule has 0 aromatic heterocycles. The van der Waals surface area contributed by atoms with Crippen LogP contribution >= 0.6 is 11.8 Å². The molecule has 276 valence electrons. The van der Waals surface area contributed by atoms with Crippen molar-refractivity contribution in [3.05, 3.63) is 0 Å². The zero-order valence-electron chi connectivity index (χ0n) is 28.9. The number of rotatable bonds is 21. The fourth-order valence-electron chi connectivity index (χ4n) is 5.84. The van der Waals surface area contributed by atoms with Crippen LogP contribution in [0.15, 0.2) is 0 Å². The van der Waals surface area contributed by atoms with Gasteiger partial charge in [0, 0.05) is 25.4 Å². The molecule has 8 N–H and O–H groups in total. The highest BCUT2D eigenvalue weighted by Gasteiger charge is 2.56. The number of carbonyl (C=O) groups excluding carboxylic acids is 5. The summed E-state index contributed by atoms with van der Waals surface area (Å²) in [6.07, 6.45) is 2.74. The van der Waals surface area contributed by atoms with E-state index in [0.29, 0.717) is 30.5 Å². The lowest BCUT2D eigenvalue weighted by Crippen LogP contribution is -2.58. The zero-order valence-corrected chi connectivity index (χ0v) is 29.7. The summed E-state index contributed by atoms with van der Waals surface area (Å²) >= 11 is 0.904. The van der Waals surface area contributed by atoms with Gasteiger partial charge in [-0.2, -0.15) is 0 Å². The minimum atomic E-state index is -1.65. The summed E-state index contributed by atoms with van der Waals surface area (Å²) in [5, 5.41) is 38.8. The van der Waals surface area contributed by atoms with Gasteiger partial charge in [-0.1, -0.05) is 27.2 Å². The molecule has 1 saturated heterocycles. The first kappa shape index (κ1) is 40.4. The number of nitrogens with zero attached hydrogens (tertiary/aromatic N) is 5. The Labute approximate surface area is 294 Å². The number of carboxylic acids is 1. The van der Waals surface area contributed by atoms with Gasteiger partial charge in [-0.3, -0.25) is 24.6 Å². The molecule has 50 heavy (non-hydrogen) atoms. The van der Waals surface area contributed by atoms with Crippen molar-refractivity contribution in [1.82, 2.24) is 20.9 Å². The molecule has 0 aliphatic carbocycles. The van der Waals surface area contributed by atoms with Gasteiger partial charge < -0.3 is 31.7 Å². The molecule has 5 unspecified atom stereocenters. The maximum Gasteiger partial charge on any atom is 0.547 e. The molecular formula is C31H51N9O9S+4. The molecule has 3 rings (SSSR count). The number of nitrogens with two attached hydrogens (primary N) is 1. The average molecular weight is 726 g/mol. The van der Waals surface area contributed by atoms with Crippen molar-refractivity contribution in [1.29, 1.82) is 0 Å². The number of aliphatic hydroxyl groups is 2. The Morgan fingerprint density at radius 3 is 2.20 bits per heavy atom. The van der Waals surface area contributed by atoms with Gasteiger partial charge in [0.1, 0.15) is 12.8 Å². The summed E-state index contributed by atoms with van der Waals surface area (Å²) in [7, 11) is 0. The number of amides is 5. The van der Waals surface area contributed by atoms with Crippen molar-refractivity contribution in [2.45, 2.75) is 114 Å². The van der Waals surface area contributed by atoms with Crippen LogP contribution < -0.4 is 21.7 Å². The third-order valence-corrected chi connectivity index (χ3v) is 9.65. The van der Waals surface area contributed by atoms with Crippen LogP contribution in [0.5, 0.6) is 0 Å². The third kappa shape index (κ3) is 11.0. The van der Waals surface area contributed by atoms with E-state index in [-0.39, 0.29) is 49.4 Å². The van der Waals surface area contributed by atoms with Gasteiger partial charge in [-0.15, -0.1) is 11.8 Å². The summed E-state index contributed by atoms with van der Waals surface area (Å²) in [4.78, 5) is 87.5. The van der Waals surface area contributed by atoms with E-state index in [0.717, 1.165) is 42.4 Å². The van der Waals surface area contributed by atoms with Crippen LogP contribution in [-0.2, 0) is 28.8 Å². The van der Waals surface area contributed by atoms with Crippen molar-refractivity contribution in [3.63, 3.8) is 0 Å². The van der Waals surface area contributed by atoms with Gasteiger partial charge in [-0.05, 0) is 45.3 Å². The topological polar surface area (TPSA) is 263 Å². The van der Waals surface area contributed by atoms with Gasteiger partial charge in [0.15, 0.2) is 21.5 Å². The number of aliphatic hydroxyl groups excluding tert-OH is 2. The van der Waals surface area contributed by atoms with Gasteiger partial charge >= 0.3 is 41.7 Å². The van der Waals surface area contributed by atoms with E-state index >= 15 is 0 Å². The normalized spacial score (nSPS) is 22.3. The van der Waals surface area contributed by atoms with Crippen LogP contribution in [0, 0.1) is 0 Å². The fraction of sp³-hybridized carbons (Fsp3) is 0.742. The zero-order chi connectivity index (χ0) is 37.0. The second-order valence-electron chi connectivity index (χ2n) is 12.7. The molecule has 0 saturated carbocycles. The standard InChI is InChI=1S/C31H47N9O9S/c1-4-33-12-8-5-9-13-38-26(43)16-23(30(38)47)50-17-22(31(48)49)40-29(46)20(15-25(42)37-40)35-27(44)21(10-6-7-11-32)39-28(45)19(34-18(2)3)14-24(41)36-39/h18-23,33-34H,4-17,32H2,1-3H3/p+4. The largest absolute Gasteiger partial charge is 0.547 e. The van der Waals surface area contributed by atoms with E-state index in [9.17, 15) is 44.1 Å². The predicted molar refractivity (Wildman–Crippen MR) is 178 cm³/mol. The molecule has 5 amide bonds. The summed E-state index contributed by atoms with van der Waals surface area (Å²) in [5.41, 5.74) is 5.63. The van der Waals surface area contributed by atoms with E-state index < -0.39 is 71.3 Å². The fourth-order valence-corrected chi connectivity index (χ4v) is 7.07.